The number of nitrogens with one attached hydrogen (secondary N) is 2. The molecule has 1 saturated heterocycles. The lowest BCUT2D eigenvalue weighted by Crippen LogP contribution is -2.44. The topological polar surface area (TPSA) is 41.1 Å². The highest BCUT2D eigenvalue weighted by molar-refractivity contribution is 5.79. The summed E-state index contributed by atoms with van der Waals surface area (Å²) in [4.78, 5) is 12.0. The average Bonchev–Trinajstić information content (AvgIpc) is 2.57. The molecule has 3 nitrogen and oxygen atoms in total. The summed E-state index contributed by atoms with van der Waals surface area (Å²) < 4.78 is 26.0. The van der Waals surface area contributed by atoms with Crippen molar-refractivity contribution in [2.45, 2.75) is 56.9 Å². The molecule has 104 valence electrons. The molecule has 0 aromatic heterocycles. The molecule has 1 amide bonds. The van der Waals surface area contributed by atoms with Gasteiger partial charge < -0.3 is 10.6 Å². The molecule has 1 saturated carbocycles. The summed E-state index contributed by atoms with van der Waals surface area (Å²) >= 11 is 0. The largest absolute Gasteiger partial charge is 0.352 e. The molecule has 18 heavy (non-hydrogen) atoms. The maximum absolute atomic E-state index is 13.0. The van der Waals surface area contributed by atoms with Crippen LogP contribution >= 0.6 is 0 Å². The van der Waals surface area contributed by atoms with Crippen molar-refractivity contribution in [3.05, 3.63) is 0 Å². The highest BCUT2D eigenvalue weighted by atomic mass is 19.3. The number of carbonyl (C=O) groups excluding carboxylic acids is 1. The summed E-state index contributed by atoms with van der Waals surface area (Å²) in [7, 11) is 0. The van der Waals surface area contributed by atoms with Crippen molar-refractivity contribution < 1.29 is 13.6 Å². The molecule has 2 aliphatic rings. The quantitative estimate of drug-likeness (QED) is 0.798. The lowest BCUT2D eigenvalue weighted by molar-refractivity contribution is -0.129. The van der Waals surface area contributed by atoms with Crippen molar-refractivity contribution in [1.29, 1.82) is 0 Å². The molecule has 1 unspecified atom stereocenters. The first-order valence-electron chi connectivity index (χ1n) is 6.96. The molecule has 2 fully saturated rings. The van der Waals surface area contributed by atoms with E-state index in [-0.39, 0.29) is 30.7 Å². The van der Waals surface area contributed by atoms with Crippen LogP contribution in [0.4, 0.5) is 8.78 Å². The van der Waals surface area contributed by atoms with Gasteiger partial charge in [0.1, 0.15) is 0 Å². The maximum atomic E-state index is 13.0. The summed E-state index contributed by atoms with van der Waals surface area (Å²) in [6, 6.07) is 0.169. The molecular formula is C13H22F2N2O. The van der Waals surface area contributed by atoms with Gasteiger partial charge in [-0.3, -0.25) is 4.79 Å². The number of halogens is 2. The SMILES string of the molecule is O=C(NC1CCCCNC1)C1CCC(F)(F)CC1. The van der Waals surface area contributed by atoms with Gasteiger partial charge in [-0.05, 0) is 32.2 Å². The second-order valence-corrected chi connectivity index (χ2v) is 5.54. The normalized spacial score (nSPS) is 29.6. The molecule has 1 aliphatic heterocycles. The fraction of sp³-hybridized carbons (Fsp3) is 0.923. The summed E-state index contributed by atoms with van der Waals surface area (Å²) in [6.45, 7) is 1.80. The van der Waals surface area contributed by atoms with E-state index < -0.39 is 5.92 Å². The van der Waals surface area contributed by atoms with Gasteiger partial charge in [0.2, 0.25) is 11.8 Å². The maximum Gasteiger partial charge on any atom is 0.248 e. The standard InChI is InChI=1S/C13H22F2N2O/c14-13(15)6-4-10(5-7-13)12(18)17-11-3-1-2-8-16-9-11/h10-11,16H,1-9H2,(H,17,18). The number of hydrogen-bond acceptors (Lipinski definition) is 2. The molecule has 5 heteroatoms. The Kier molecular flexibility index (Phi) is 4.54. The van der Waals surface area contributed by atoms with Crippen LogP contribution in [0.1, 0.15) is 44.9 Å². The third-order valence-corrected chi connectivity index (χ3v) is 3.98. The van der Waals surface area contributed by atoms with Crippen LogP contribution in [-0.2, 0) is 4.79 Å². The molecular weight excluding hydrogens is 238 g/mol. The predicted molar refractivity (Wildman–Crippen MR) is 65.6 cm³/mol. The zero-order chi connectivity index (χ0) is 13.0. The van der Waals surface area contributed by atoms with Crippen LogP contribution in [0.3, 0.4) is 0 Å². The lowest BCUT2D eigenvalue weighted by atomic mass is 9.86. The number of hydrogen-bond donors (Lipinski definition) is 2. The fourth-order valence-electron chi connectivity index (χ4n) is 2.76. The molecule has 0 spiro atoms. The minimum Gasteiger partial charge on any atom is -0.352 e. The monoisotopic (exact) mass is 260 g/mol. The van der Waals surface area contributed by atoms with Gasteiger partial charge in [-0.1, -0.05) is 6.42 Å². The van der Waals surface area contributed by atoms with E-state index in [1.807, 2.05) is 0 Å². The summed E-state index contributed by atoms with van der Waals surface area (Å²) in [5.41, 5.74) is 0. The number of alkyl halides is 2. The average molecular weight is 260 g/mol. The van der Waals surface area contributed by atoms with E-state index in [1.54, 1.807) is 0 Å². The van der Waals surface area contributed by atoms with Gasteiger partial charge in [-0.25, -0.2) is 8.78 Å². The van der Waals surface area contributed by atoms with Crippen LogP contribution in [-0.4, -0.2) is 31.0 Å². The van der Waals surface area contributed by atoms with Gasteiger partial charge in [0, 0.05) is 31.3 Å². The van der Waals surface area contributed by atoms with Crippen molar-refractivity contribution in [2.75, 3.05) is 13.1 Å². The Bertz CT molecular complexity index is 279. The van der Waals surface area contributed by atoms with E-state index in [0.29, 0.717) is 12.8 Å². The Morgan fingerprint density at radius 1 is 1.17 bits per heavy atom. The van der Waals surface area contributed by atoms with E-state index in [2.05, 4.69) is 10.6 Å². The van der Waals surface area contributed by atoms with Gasteiger partial charge in [0.15, 0.2) is 0 Å². The third-order valence-electron chi connectivity index (χ3n) is 3.98. The van der Waals surface area contributed by atoms with Gasteiger partial charge >= 0.3 is 0 Å². The van der Waals surface area contributed by atoms with E-state index in [4.69, 9.17) is 0 Å². The van der Waals surface area contributed by atoms with Gasteiger partial charge in [-0.2, -0.15) is 0 Å². The molecule has 0 aromatic rings. The van der Waals surface area contributed by atoms with Crippen molar-refractivity contribution in [1.82, 2.24) is 10.6 Å². The molecule has 2 rings (SSSR count). The van der Waals surface area contributed by atoms with E-state index in [0.717, 1.165) is 32.4 Å². The smallest absolute Gasteiger partial charge is 0.248 e. The van der Waals surface area contributed by atoms with Crippen LogP contribution in [0.25, 0.3) is 0 Å². The Labute approximate surface area is 107 Å². The second kappa shape index (κ2) is 5.95. The van der Waals surface area contributed by atoms with Crippen LogP contribution in [0.15, 0.2) is 0 Å². The van der Waals surface area contributed by atoms with Crippen molar-refractivity contribution in [2.24, 2.45) is 5.92 Å². The highest BCUT2D eigenvalue weighted by Gasteiger charge is 2.37. The van der Waals surface area contributed by atoms with Gasteiger partial charge in [-0.15, -0.1) is 0 Å². The first kappa shape index (κ1) is 13.7. The van der Waals surface area contributed by atoms with Gasteiger partial charge in [0.05, 0.1) is 0 Å². The minimum atomic E-state index is -2.55. The van der Waals surface area contributed by atoms with Crippen LogP contribution < -0.4 is 10.6 Å². The Balaban J connectivity index is 1.77. The fourth-order valence-corrected chi connectivity index (χ4v) is 2.76. The third kappa shape index (κ3) is 3.90. The Morgan fingerprint density at radius 3 is 2.61 bits per heavy atom. The van der Waals surface area contributed by atoms with Crippen LogP contribution in [0.5, 0.6) is 0 Å². The van der Waals surface area contributed by atoms with Crippen molar-refractivity contribution in [3.63, 3.8) is 0 Å². The molecule has 0 aromatic carbocycles. The molecule has 1 aliphatic carbocycles. The Morgan fingerprint density at radius 2 is 1.89 bits per heavy atom. The molecule has 2 N–H and O–H groups in total. The summed E-state index contributed by atoms with van der Waals surface area (Å²) in [6.07, 6.45) is 3.59. The number of amides is 1. The zero-order valence-corrected chi connectivity index (χ0v) is 10.7. The first-order valence-corrected chi connectivity index (χ1v) is 6.96. The van der Waals surface area contributed by atoms with Crippen LogP contribution in [0, 0.1) is 5.92 Å². The Hall–Kier alpha value is -0.710. The number of carbonyl (C=O) groups is 1. The van der Waals surface area contributed by atoms with E-state index in [1.165, 1.54) is 0 Å². The zero-order valence-electron chi connectivity index (χ0n) is 10.7. The molecule has 1 atom stereocenters. The molecule has 0 radical (unpaired) electrons. The first-order chi connectivity index (χ1) is 8.57. The second-order valence-electron chi connectivity index (χ2n) is 5.54. The lowest BCUT2D eigenvalue weighted by Gasteiger charge is -2.28. The van der Waals surface area contributed by atoms with Gasteiger partial charge in [0.25, 0.3) is 0 Å². The predicted octanol–water partition coefficient (Wildman–Crippen LogP) is 2.07. The van der Waals surface area contributed by atoms with E-state index >= 15 is 0 Å². The van der Waals surface area contributed by atoms with Crippen LogP contribution in [0.2, 0.25) is 0 Å². The summed E-state index contributed by atoms with van der Waals surface area (Å²) in [5, 5.41) is 6.29. The highest BCUT2D eigenvalue weighted by Crippen LogP contribution is 2.36. The van der Waals surface area contributed by atoms with Crippen molar-refractivity contribution >= 4 is 5.91 Å². The molecule has 0 bridgehead atoms. The number of rotatable bonds is 2. The van der Waals surface area contributed by atoms with E-state index in [9.17, 15) is 13.6 Å². The van der Waals surface area contributed by atoms with Crippen molar-refractivity contribution in [3.8, 4) is 0 Å². The molecule has 1 heterocycles. The minimum absolute atomic E-state index is 0.0285. The summed E-state index contributed by atoms with van der Waals surface area (Å²) in [5.74, 6) is -2.80.